The van der Waals surface area contributed by atoms with E-state index in [2.05, 4.69) is 16.6 Å². The lowest BCUT2D eigenvalue weighted by Gasteiger charge is -2.41. The van der Waals surface area contributed by atoms with Crippen molar-refractivity contribution in [3.05, 3.63) is 72.3 Å². The number of fused-ring (bicyclic) bond motifs is 2. The Labute approximate surface area is 350 Å². The Balaban J connectivity index is 0.981. The summed E-state index contributed by atoms with van der Waals surface area (Å²) < 4.78 is 119. The van der Waals surface area contributed by atoms with Gasteiger partial charge in [-0.05, 0) is 35.4 Å². The molecule has 0 spiro atoms. The lowest BCUT2D eigenvalue weighted by atomic mass is 9.94. The first-order valence-corrected chi connectivity index (χ1v) is 20.4. The second kappa shape index (κ2) is 19.4. The highest BCUT2D eigenvalue weighted by atomic mass is 32.2. The van der Waals surface area contributed by atoms with Gasteiger partial charge in [0.05, 0.1) is 19.8 Å². The Morgan fingerprint density at radius 1 is 0.700 bits per heavy atom. The lowest BCUT2D eigenvalue weighted by Crippen LogP contribution is -2.61. The van der Waals surface area contributed by atoms with E-state index < -0.39 is 97.4 Å². The average molecular weight is 897 g/mol. The SMILES string of the molecule is C=CCOc1ccc(COC(C2OC3SC(N(C)CCOc4ccc(COC(C5OC6SC(N(C)C)=NC6C(O)C5O)C(F)(F)F)cc4)=NC3C(O)C2O)C(F)(F)F)cc1. The van der Waals surface area contributed by atoms with Crippen LogP contribution in [-0.2, 0) is 32.2 Å². The van der Waals surface area contributed by atoms with Gasteiger partial charge in [0.1, 0.15) is 84.3 Å². The van der Waals surface area contributed by atoms with Crippen molar-refractivity contribution in [1.82, 2.24) is 9.80 Å². The van der Waals surface area contributed by atoms with Gasteiger partial charge in [0.15, 0.2) is 22.5 Å². The largest absolute Gasteiger partial charge is 0.492 e. The molecule has 0 bridgehead atoms. The predicted molar refractivity (Wildman–Crippen MR) is 209 cm³/mol. The number of aliphatic hydroxyl groups is 4. The topological polar surface area (TPSA) is 168 Å². The third kappa shape index (κ3) is 10.8. The van der Waals surface area contributed by atoms with Gasteiger partial charge in [-0.1, -0.05) is 60.4 Å². The molecular formula is C38H46F6N4O10S2. The monoisotopic (exact) mass is 896 g/mol. The molecule has 22 heteroatoms. The number of halogens is 6. The fourth-order valence-corrected chi connectivity index (χ4v) is 9.04. The highest BCUT2D eigenvalue weighted by Gasteiger charge is 2.59. The maximum Gasteiger partial charge on any atom is 0.417 e. The average Bonchev–Trinajstić information content (AvgIpc) is 3.83. The maximum atomic E-state index is 14.3. The highest BCUT2D eigenvalue weighted by molar-refractivity contribution is 8.14. The number of benzene rings is 2. The molecule has 332 valence electrons. The minimum Gasteiger partial charge on any atom is -0.492 e. The summed E-state index contributed by atoms with van der Waals surface area (Å²) in [5.41, 5.74) is -1.24. The van der Waals surface area contributed by atoms with Gasteiger partial charge in [-0.15, -0.1) is 0 Å². The van der Waals surface area contributed by atoms with Crippen molar-refractivity contribution in [3.63, 3.8) is 0 Å². The molecule has 12 atom stereocenters. The van der Waals surface area contributed by atoms with E-state index in [1.807, 2.05) is 0 Å². The van der Waals surface area contributed by atoms with E-state index in [0.717, 1.165) is 23.5 Å². The van der Waals surface area contributed by atoms with E-state index in [9.17, 15) is 46.8 Å². The number of hydrogen-bond donors (Lipinski definition) is 4. The zero-order chi connectivity index (χ0) is 43.5. The van der Waals surface area contributed by atoms with Crippen LogP contribution in [0.25, 0.3) is 0 Å². The van der Waals surface area contributed by atoms with Gasteiger partial charge in [-0.2, -0.15) is 26.3 Å². The fourth-order valence-electron chi connectivity index (χ4n) is 6.69. The molecule has 2 aromatic rings. The van der Waals surface area contributed by atoms with E-state index in [0.29, 0.717) is 33.0 Å². The summed E-state index contributed by atoms with van der Waals surface area (Å²) in [7, 11) is 5.02. The summed E-state index contributed by atoms with van der Waals surface area (Å²) in [6.45, 7) is 3.14. The van der Waals surface area contributed by atoms with Crippen molar-refractivity contribution in [2.75, 3.05) is 40.9 Å². The summed E-state index contributed by atoms with van der Waals surface area (Å²) in [5, 5.41) is 43.7. The standard InChI is InChI=1S/C38H46F6N4O10S2/c1-5-15-53-21-10-6-19(7-11-21)17-56-32(38(42,43)44)30-28(52)26(50)24-34(58-30)60-36(46-24)48(4)14-16-54-22-12-8-20(9-13-22)18-55-31(37(39,40)41)29-27(51)25(49)23-33(57-29)59-35(45-23)47(2)3/h5-13,23-34,49-52H,1,14-18H2,2-4H3. The smallest absolute Gasteiger partial charge is 0.417 e. The lowest BCUT2D eigenvalue weighted by molar-refractivity contribution is -0.287. The second-order valence-electron chi connectivity index (χ2n) is 14.5. The van der Waals surface area contributed by atoms with Crippen LogP contribution in [0.1, 0.15) is 11.1 Å². The summed E-state index contributed by atoms with van der Waals surface area (Å²) in [5.74, 6) is 0.856. The van der Waals surface area contributed by atoms with Crippen LogP contribution in [0.5, 0.6) is 11.5 Å². The molecule has 4 aliphatic rings. The van der Waals surface area contributed by atoms with E-state index >= 15 is 0 Å². The number of alkyl halides is 6. The first-order chi connectivity index (χ1) is 28.3. The molecule has 4 heterocycles. The molecule has 6 rings (SSSR count). The van der Waals surface area contributed by atoms with Crippen LogP contribution in [0, 0.1) is 0 Å². The third-order valence-electron chi connectivity index (χ3n) is 9.90. The van der Waals surface area contributed by atoms with Crippen molar-refractivity contribution in [2.24, 2.45) is 9.98 Å². The molecule has 2 aromatic carbocycles. The molecule has 12 unspecified atom stereocenters. The van der Waals surface area contributed by atoms with E-state index in [1.165, 1.54) is 36.4 Å². The Kier molecular flexibility index (Phi) is 14.9. The zero-order valence-electron chi connectivity index (χ0n) is 32.5. The summed E-state index contributed by atoms with van der Waals surface area (Å²) in [6.07, 6.45) is -24.5. The molecule has 0 radical (unpaired) electrons. The molecule has 0 aliphatic carbocycles. The Hall–Kier alpha value is -3.32. The number of aliphatic hydroxyl groups excluding tert-OH is 4. The van der Waals surface area contributed by atoms with Gasteiger partial charge < -0.3 is 58.6 Å². The van der Waals surface area contributed by atoms with Crippen molar-refractivity contribution in [1.29, 1.82) is 0 Å². The molecule has 2 fully saturated rings. The Morgan fingerprint density at radius 3 is 1.57 bits per heavy atom. The number of nitrogens with zero attached hydrogens (tertiary/aromatic N) is 4. The predicted octanol–water partition coefficient (Wildman–Crippen LogP) is 3.56. The number of rotatable bonds is 15. The van der Waals surface area contributed by atoms with Crippen LogP contribution >= 0.6 is 23.5 Å². The molecule has 0 aromatic heterocycles. The minimum absolute atomic E-state index is 0.0794. The molecule has 60 heavy (non-hydrogen) atoms. The quantitative estimate of drug-likeness (QED) is 0.152. The normalized spacial score (nSPS) is 30.1. The van der Waals surface area contributed by atoms with E-state index in [-0.39, 0.29) is 19.8 Å². The molecule has 0 amide bonds. The number of aliphatic imine (C=N–C) groups is 2. The number of ether oxygens (including phenoxy) is 6. The zero-order valence-corrected chi connectivity index (χ0v) is 34.1. The van der Waals surface area contributed by atoms with Crippen molar-refractivity contribution in [3.8, 4) is 11.5 Å². The molecule has 0 saturated carbocycles. The molecule has 4 aliphatic heterocycles. The summed E-state index contributed by atoms with van der Waals surface area (Å²) >= 11 is 2.03. The third-order valence-corrected chi connectivity index (χ3v) is 12.4. The minimum atomic E-state index is -4.95. The number of thioether (sulfide) groups is 2. The number of hydrogen-bond acceptors (Lipinski definition) is 16. The first-order valence-electron chi connectivity index (χ1n) is 18.7. The van der Waals surface area contributed by atoms with Crippen LogP contribution in [0.15, 0.2) is 71.2 Å². The maximum absolute atomic E-state index is 14.3. The molecule has 4 N–H and O–H groups in total. The highest BCUT2D eigenvalue weighted by Crippen LogP contribution is 2.43. The van der Waals surface area contributed by atoms with Crippen LogP contribution in [0.4, 0.5) is 26.3 Å². The molecule has 2 saturated heterocycles. The summed E-state index contributed by atoms with van der Waals surface area (Å²) in [4.78, 5) is 11.9. The Morgan fingerprint density at radius 2 is 1.13 bits per heavy atom. The van der Waals surface area contributed by atoms with Crippen LogP contribution < -0.4 is 9.47 Å². The van der Waals surface area contributed by atoms with Crippen LogP contribution in [0.2, 0.25) is 0 Å². The van der Waals surface area contributed by atoms with Crippen molar-refractivity contribution in [2.45, 2.75) is 97.4 Å². The van der Waals surface area contributed by atoms with Gasteiger partial charge in [0, 0.05) is 21.1 Å². The van der Waals surface area contributed by atoms with Gasteiger partial charge >= 0.3 is 12.4 Å². The second-order valence-corrected chi connectivity index (χ2v) is 16.7. The first kappa shape index (κ1) is 46.2. The van der Waals surface area contributed by atoms with E-state index in [1.54, 1.807) is 49.2 Å². The van der Waals surface area contributed by atoms with Gasteiger partial charge in [-0.25, -0.2) is 0 Å². The number of likely N-dealkylation sites (N-methyl/N-ethyl adjacent to an activating group) is 1. The van der Waals surface area contributed by atoms with Gasteiger partial charge in [0.25, 0.3) is 0 Å². The van der Waals surface area contributed by atoms with Gasteiger partial charge in [0.2, 0.25) is 0 Å². The van der Waals surface area contributed by atoms with Crippen molar-refractivity contribution >= 4 is 33.9 Å². The summed E-state index contributed by atoms with van der Waals surface area (Å²) in [6, 6.07) is 10.2. The Bertz CT molecular complexity index is 1810. The fraction of sp³-hybridized carbons (Fsp3) is 0.579. The number of amidine groups is 2. The van der Waals surface area contributed by atoms with Crippen LogP contribution in [0.3, 0.4) is 0 Å². The molecular weight excluding hydrogens is 851 g/mol. The van der Waals surface area contributed by atoms with Gasteiger partial charge in [-0.3, -0.25) is 9.98 Å². The van der Waals surface area contributed by atoms with E-state index in [4.69, 9.17) is 28.4 Å². The molecule has 14 nitrogen and oxygen atoms in total. The van der Waals surface area contributed by atoms with Crippen LogP contribution in [-0.4, -0.2) is 166 Å². The van der Waals surface area contributed by atoms with Crippen molar-refractivity contribution < 1.29 is 75.2 Å².